The zero-order valence-corrected chi connectivity index (χ0v) is 22.7. The Balaban J connectivity index is 1.28. The van der Waals surface area contributed by atoms with Crippen LogP contribution in [0.3, 0.4) is 0 Å². The summed E-state index contributed by atoms with van der Waals surface area (Å²) >= 11 is 0. The van der Waals surface area contributed by atoms with Gasteiger partial charge in [-0.05, 0) is 61.4 Å². The Morgan fingerprint density at radius 2 is 1.76 bits per heavy atom. The summed E-state index contributed by atoms with van der Waals surface area (Å²) in [5.74, 6) is 0.324. The van der Waals surface area contributed by atoms with Crippen LogP contribution in [-0.2, 0) is 14.3 Å². The minimum absolute atomic E-state index is 0.0160. The molecule has 3 saturated heterocycles. The Labute approximate surface area is 220 Å². The van der Waals surface area contributed by atoms with E-state index >= 15 is 0 Å². The third-order valence-electron chi connectivity index (χ3n) is 8.47. The van der Waals surface area contributed by atoms with Gasteiger partial charge < -0.3 is 24.8 Å². The lowest BCUT2D eigenvalue weighted by Crippen LogP contribution is -2.53. The summed E-state index contributed by atoms with van der Waals surface area (Å²) in [5, 5.41) is 3.03. The fourth-order valence-electron chi connectivity index (χ4n) is 6.26. The first-order valence-electron chi connectivity index (χ1n) is 14.0. The molecular formula is C29H42N4O4. The van der Waals surface area contributed by atoms with Gasteiger partial charge in [-0.15, -0.1) is 0 Å². The zero-order valence-electron chi connectivity index (χ0n) is 22.7. The predicted octanol–water partition coefficient (Wildman–Crippen LogP) is 2.57. The number of piperazine rings is 1. The van der Waals surface area contributed by atoms with Crippen molar-refractivity contribution in [2.75, 3.05) is 50.8 Å². The van der Waals surface area contributed by atoms with Crippen molar-refractivity contribution in [2.45, 2.75) is 65.1 Å². The van der Waals surface area contributed by atoms with Crippen LogP contribution in [0.5, 0.6) is 0 Å². The molecule has 8 nitrogen and oxygen atoms in total. The number of amides is 2. The number of benzene rings is 1. The van der Waals surface area contributed by atoms with Gasteiger partial charge in [-0.2, -0.15) is 0 Å². The highest BCUT2D eigenvalue weighted by Gasteiger charge is 2.56. The second-order valence-corrected chi connectivity index (χ2v) is 12.4. The molecule has 4 fully saturated rings. The van der Waals surface area contributed by atoms with Crippen molar-refractivity contribution in [3.05, 3.63) is 29.8 Å². The summed E-state index contributed by atoms with van der Waals surface area (Å²) in [4.78, 5) is 46.4. The van der Waals surface area contributed by atoms with Gasteiger partial charge in [0.05, 0.1) is 6.10 Å². The fraction of sp³-hybridized carbons (Fsp3) is 0.690. The molecule has 0 spiro atoms. The van der Waals surface area contributed by atoms with Gasteiger partial charge in [0.1, 0.15) is 18.7 Å². The molecule has 1 N–H and O–H groups in total. The van der Waals surface area contributed by atoms with E-state index in [9.17, 15) is 14.4 Å². The number of carbonyl (C=O) groups excluding carboxylic acids is 3. The number of Topliss-reactive ketones (excluding diaryl/α,β-unsaturated/α-hetero) is 1. The smallest absolute Gasteiger partial charge is 0.251 e. The number of nitrogens with zero attached hydrogens (tertiary/aromatic N) is 3. The lowest BCUT2D eigenvalue weighted by Gasteiger charge is -2.35. The fourth-order valence-corrected chi connectivity index (χ4v) is 6.26. The number of hydrogen-bond acceptors (Lipinski definition) is 6. The van der Waals surface area contributed by atoms with Gasteiger partial charge in [-0.3, -0.25) is 14.4 Å². The topological polar surface area (TPSA) is 82.2 Å². The molecule has 0 unspecified atom stereocenters. The van der Waals surface area contributed by atoms with Crippen LogP contribution in [0.25, 0.3) is 0 Å². The Morgan fingerprint density at radius 3 is 2.35 bits per heavy atom. The van der Waals surface area contributed by atoms with Crippen LogP contribution in [-0.4, -0.2) is 91.5 Å². The van der Waals surface area contributed by atoms with Crippen LogP contribution in [0.1, 0.15) is 57.3 Å². The minimum Gasteiger partial charge on any atom is -0.369 e. The highest BCUT2D eigenvalue weighted by molar-refractivity contribution is 5.99. The van der Waals surface area contributed by atoms with Gasteiger partial charge in [0.25, 0.3) is 5.91 Å². The van der Waals surface area contributed by atoms with Crippen LogP contribution in [0.4, 0.5) is 5.69 Å². The molecule has 0 aromatic heterocycles. The van der Waals surface area contributed by atoms with Gasteiger partial charge in [-0.1, -0.05) is 27.7 Å². The maximum absolute atomic E-state index is 13.9. The van der Waals surface area contributed by atoms with Gasteiger partial charge in [0.2, 0.25) is 5.91 Å². The number of anilines is 1. The maximum Gasteiger partial charge on any atom is 0.251 e. The average molecular weight is 511 g/mol. The number of likely N-dealkylation sites (N-methyl/N-ethyl adjacent to an activating group) is 1. The molecule has 0 bridgehead atoms. The van der Waals surface area contributed by atoms with E-state index in [1.807, 2.05) is 24.3 Å². The monoisotopic (exact) mass is 510 g/mol. The zero-order chi connectivity index (χ0) is 26.3. The lowest BCUT2D eigenvalue weighted by atomic mass is 9.87. The normalized spacial score (nSPS) is 27.4. The summed E-state index contributed by atoms with van der Waals surface area (Å²) < 4.78 is 5.85. The highest BCUT2D eigenvalue weighted by atomic mass is 16.5. The van der Waals surface area contributed by atoms with Crippen molar-refractivity contribution in [3.8, 4) is 0 Å². The largest absolute Gasteiger partial charge is 0.369 e. The molecule has 2 amide bonds. The van der Waals surface area contributed by atoms with E-state index in [2.05, 4.69) is 42.8 Å². The number of rotatable bonds is 7. The molecule has 3 aliphatic heterocycles. The minimum atomic E-state index is -0.693. The molecule has 1 saturated carbocycles. The van der Waals surface area contributed by atoms with E-state index in [4.69, 9.17) is 4.74 Å². The van der Waals surface area contributed by atoms with Gasteiger partial charge >= 0.3 is 0 Å². The Bertz CT molecular complexity index is 1010. The summed E-state index contributed by atoms with van der Waals surface area (Å²) in [7, 11) is 0. The van der Waals surface area contributed by atoms with Crippen molar-refractivity contribution in [1.82, 2.24) is 15.1 Å². The van der Waals surface area contributed by atoms with E-state index in [-0.39, 0.29) is 41.6 Å². The number of ketones is 1. The first-order chi connectivity index (χ1) is 17.6. The SMILES string of the molecule is CCN1CCN(c2ccc(C(=O)N[C@@H](CC(C)(C)C)C(=O)N3C[C@@H](C4CC4)[C@H]4OCC(=O)[C@H]43)cc2)CC1. The third kappa shape index (κ3) is 5.70. The molecule has 37 heavy (non-hydrogen) atoms. The number of ether oxygens (including phenoxy) is 1. The summed E-state index contributed by atoms with van der Waals surface area (Å²) in [6.45, 7) is 14.1. The molecule has 4 aliphatic rings. The van der Waals surface area contributed by atoms with E-state index in [0.29, 0.717) is 24.4 Å². The van der Waals surface area contributed by atoms with Crippen molar-refractivity contribution < 1.29 is 19.1 Å². The highest BCUT2D eigenvalue weighted by Crippen LogP contribution is 2.46. The number of carbonyl (C=O) groups is 3. The van der Waals surface area contributed by atoms with Crippen molar-refractivity contribution in [3.63, 3.8) is 0 Å². The first kappa shape index (κ1) is 26.2. The number of fused-ring (bicyclic) bond motifs is 1. The standard InChI is InChI=1S/C29H42N4O4/c1-5-31-12-14-32(15-13-31)21-10-8-20(9-11-21)27(35)30-23(16-29(2,3)4)28(36)33-17-22(19-6-7-19)26-25(33)24(34)18-37-26/h8-11,19,22-23,25-26H,5-7,12-18H2,1-4H3,(H,30,35)/t22-,23-,25+,26+/m0/s1. The van der Waals surface area contributed by atoms with Crippen LogP contribution in [0.2, 0.25) is 0 Å². The number of likely N-dealkylation sites (tertiary alicyclic amines) is 1. The van der Waals surface area contributed by atoms with Crippen molar-refractivity contribution in [1.29, 1.82) is 0 Å². The molecule has 1 aromatic rings. The van der Waals surface area contributed by atoms with Gasteiger partial charge in [0, 0.05) is 49.9 Å². The second kappa shape index (κ2) is 10.4. The van der Waals surface area contributed by atoms with Crippen molar-refractivity contribution >= 4 is 23.3 Å². The average Bonchev–Trinajstić information content (AvgIpc) is 3.55. The number of hydrogen-bond donors (Lipinski definition) is 1. The molecule has 3 heterocycles. The van der Waals surface area contributed by atoms with E-state index in [1.165, 1.54) is 0 Å². The van der Waals surface area contributed by atoms with E-state index in [1.54, 1.807) is 4.90 Å². The van der Waals surface area contributed by atoms with Crippen LogP contribution < -0.4 is 10.2 Å². The Kier molecular flexibility index (Phi) is 7.33. The molecule has 5 rings (SSSR count). The van der Waals surface area contributed by atoms with Gasteiger partial charge in [0.15, 0.2) is 5.78 Å². The van der Waals surface area contributed by atoms with E-state index < -0.39 is 12.1 Å². The summed E-state index contributed by atoms with van der Waals surface area (Å²) in [5.41, 5.74) is 1.48. The molecule has 0 radical (unpaired) electrons. The summed E-state index contributed by atoms with van der Waals surface area (Å²) in [6.07, 6.45) is 2.58. The van der Waals surface area contributed by atoms with Crippen LogP contribution >= 0.6 is 0 Å². The second-order valence-electron chi connectivity index (χ2n) is 12.4. The molecule has 8 heteroatoms. The first-order valence-corrected chi connectivity index (χ1v) is 14.0. The third-order valence-corrected chi connectivity index (χ3v) is 8.47. The van der Waals surface area contributed by atoms with Crippen LogP contribution in [0.15, 0.2) is 24.3 Å². The maximum atomic E-state index is 13.9. The van der Waals surface area contributed by atoms with Gasteiger partial charge in [-0.25, -0.2) is 0 Å². The van der Waals surface area contributed by atoms with Crippen LogP contribution in [0, 0.1) is 17.3 Å². The molecular weight excluding hydrogens is 468 g/mol. The van der Waals surface area contributed by atoms with Crippen molar-refractivity contribution in [2.24, 2.45) is 17.3 Å². The molecule has 4 atom stereocenters. The van der Waals surface area contributed by atoms with E-state index in [0.717, 1.165) is 51.3 Å². The molecule has 1 aromatic carbocycles. The molecule has 202 valence electrons. The summed E-state index contributed by atoms with van der Waals surface area (Å²) in [6, 6.07) is 6.48. The quantitative estimate of drug-likeness (QED) is 0.607. The predicted molar refractivity (Wildman–Crippen MR) is 143 cm³/mol. The number of nitrogens with one attached hydrogen (secondary N) is 1. The molecule has 1 aliphatic carbocycles. The Hall–Kier alpha value is -2.45. The lowest BCUT2D eigenvalue weighted by molar-refractivity contribution is -0.138. The Morgan fingerprint density at radius 1 is 1.08 bits per heavy atom.